The van der Waals surface area contributed by atoms with Gasteiger partial charge in [0.25, 0.3) is 5.91 Å². The Bertz CT molecular complexity index is 882. The molecular formula is C23H27N3O3S. The van der Waals surface area contributed by atoms with Crippen LogP contribution in [-0.4, -0.2) is 54.5 Å². The Morgan fingerprint density at radius 2 is 1.87 bits per heavy atom. The fourth-order valence-corrected chi connectivity index (χ4v) is 4.73. The summed E-state index contributed by atoms with van der Waals surface area (Å²) in [5, 5.41) is 2.91. The van der Waals surface area contributed by atoms with Gasteiger partial charge in [0.05, 0.1) is 0 Å². The molecule has 0 saturated carbocycles. The highest BCUT2D eigenvalue weighted by Gasteiger charge is 2.21. The van der Waals surface area contributed by atoms with E-state index in [1.54, 1.807) is 17.0 Å². The molecule has 6 nitrogen and oxygen atoms in total. The number of ether oxygens (including phenoxy) is 1. The summed E-state index contributed by atoms with van der Waals surface area (Å²) in [4.78, 5) is 28.4. The first-order chi connectivity index (χ1) is 14.7. The van der Waals surface area contributed by atoms with Gasteiger partial charge in [0.2, 0.25) is 5.91 Å². The van der Waals surface area contributed by atoms with E-state index in [4.69, 9.17) is 4.74 Å². The van der Waals surface area contributed by atoms with Crippen LogP contribution in [0.25, 0.3) is 0 Å². The molecule has 2 aliphatic heterocycles. The molecule has 158 valence electrons. The standard InChI is InChI=1S/C23H27N3O3S/c27-22(17-29-21-8-6-20(7-9-21)26-10-2-5-23(26)28)24-19-4-1-3-18(15-19)16-25-11-13-30-14-12-25/h1,3-4,6-9,15H,2,5,10-14,16-17H2,(H,24,27). The van der Waals surface area contributed by atoms with Crippen molar-refractivity contribution in [3.63, 3.8) is 0 Å². The number of nitrogens with zero attached hydrogens (tertiary/aromatic N) is 2. The first-order valence-electron chi connectivity index (χ1n) is 10.4. The van der Waals surface area contributed by atoms with Gasteiger partial charge in [-0.2, -0.15) is 11.8 Å². The fraction of sp³-hybridized carbons (Fsp3) is 0.391. The predicted octanol–water partition coefficient (Wildman–Crippen LogP) is 3.38. The van der Waals surface area contributed by atoms with Gasteiger partial charge < -0.3 is 15.0 Å². The van der Waals surface area contributed by atoms with Gasteiger partial charge >= 0.3 is 0 Å². The second-order valence-corrected chi connectivity index (χ2v) is 8.79. The highest BCUT2D eigenvalue weighted by atomic mass is 32.2. The minimum absolute atomic E-state index is 0.0600. The van der Waals surface area contributed by atoms with Crippen LogP contribution in [0.3, 0.4) is 0 Å². The van der Waals surface area contributed by atoms with Gasteiger partial charge in [-0.3, -0.25) is 14.5 Å². The summed E-state index contributed by atoms with van der Waals surface area (Å²) < 4.78 is 5.61. The van der Waals surface area contributed by atoms with Crippen LogP contribution in [0.1, 0.15) is 18.4 Å². The van der Waals surface area contributed by atoms with E-state index in [2.05, 4.69) is 16.3 Å². The Labute approximate surface area is 181 Å². The monoisotopic (exact) mass is 425 g/mol. The topological polar surface area (TPSA) is 61.9 Å². The number of carbonyl (C=O) groups excluding carboxylic acids is 2. The smallest absolute Gasteiger partial charge is 0.262 e. The molecule has 30 heavy (non-hydrogen) atoms. The first kappa shape index (κ1) is 20.8. The minimum Gasteiger partial charge on any atom is -0.484 e. The van der Waals surface area contributed by atoms with Crippen molar-refractivity contribution in [3.05, 3.63) is 54.1 Å². The molecule has 0 aliphatic carbocycles. The van der Waals surface area contributed by atoms with E-state index in [0.29, 0.717) is 12.2 Å². The molecule has 2 aliphatic rings. The summed E-state index contributed by atoms with van der Waals surface area (Å²) in [5.74, 6) is 2.94. The number of benzene rings is 2. The Hall–Kier alpha value is -2.51. The Morgan fingerprint density at radius 1 is 1.07 bits per heavy atom. The first-order valence-corrected chi connectivity index (χ1v) is 11.5. The van der Waals surface area contributed by atoms with E-state index in [0.717, 1.165) is 44.0 Å². The lowest BCUT2D eigenvalue weighted by molar-refractivity contribution is -0.118. The Balaban J connectivity index is 1.26. The van der Waals surface area contributed by atoms with E-state index in [-0.39, 0.29) is 18.4 Å². The maximum Gasteiger partial charge on any atom is 0.262 e. The van der Waals surface area contributed by atoms with Gasteiger partial charge in [-0.25, -0.2) is 0 Å². The second-order valence-electron chi connectivity index (χ2n) is 7.57. The Morgan fingerprint density at radius 3 is 2.60 bits per heavy atom. The van der Waals surface area contributed by atoms with E-state index < -0.39 is 0 Å². The average Bonchev–Trinajstić information content (AvgIpc) is 3.19. The molecule has 2 amide bonds. The number of amides is 2. The average molecular weight is 426 g/mol. The van der Waals surface area contributed by atoms with Crippen LogP contribution in [0.2, 0.25) is 0 Å². The molecule has 2 heterocycles. The zero-order valence-electron chi connectivity index (χ0n) is 17.0. The van der Waals surface area contributed by atoms with E-state index in [9.17, 15) is 9.59 Å². The summed E-state index contributed by atoms with van der Waals surface area (Å²) in [5.41, 5.74) is 2.86. The van der Waals surface area contributed by atoms with Gasteiger partial charge in [0, 0.05) is 55.5 Å². The van der Waals surface area contributed by atoms with Gasteiger partial charge in [-0.15, -0.1) is 0 Å². The number of carbonyl (C=O) groups is 2. The van der Waals surface area contributed by atoms with Crippen LogP contribution in [0.5, 0.6) is 5.75 Å². The van der Waals surface area contributed by atoms with Crippen LogP contribution in [-0.2, 0) is 16.1 Å². The molecular weight excluding hydrogens is 398 g/mol. The van der Waals surface area contributed by atoms with Crippen LogP contribution in [0.15, 0.2) is 48.5 Å². The molecule has 2 aromatic carbocycles. The number of hydrogen-bond acceptors (Lipinski definition) is 5. The molecule has 4 rings (SSSR count). The number of anilines is 2. The maximum absolute atomic E-state index is 12.3. The van der Waals surface area contributed by atoms with Crippen molar-refractivity contribution in [1.82, 2.24) is 4.90 Å². The summed E-state index contributed by atoms with van der Waals surface area (Å²) in [6, 6.07) is 15.3. The van der Waals surface area contributed by atoms with Crippen LogP contribution in [0.4, 0.5) is 11.4 Å². The fourth-order valence-electron chi connectivity index (χ4n) is 3.75. The summed E-state index contributed by atoms with van der Waals surface area (Å²) >= 11 is 2.00. The molecule has 2 aromatic rings. The molecule has 2 fully saturated rings. The summed E-state index contributed by atoms with van der Waals surface area (Å²) in [6.45, 7) is 3.83. The van der Waals surface area contributed by atoms with E-state index >= 15 is 0 Å². The molecule has 0 bridgehead atoms. The lowest BCUT2D eigenvalue weighted by atomic mass is 10.2. The third-order valence-electron chi connectivity index (χ3n) is 5.31. The SMILES string of the molecule is O=C(COc1ccc(N2CCCC2=O)cc1)Nc1cccc(CN2CCSCC2)c1. The molecule has 0 radical (unpaired) electrons. The zero-order valence-corrected chi connectivity index (χ0v) is 17.8. The molecule has 2 saturated heterocycles. The molecule has 0 aromatic heterocycles. The molecule has 0 spiro atoms. The molecule has 7 heteroatoms. The van der Waals surface area contributed by atoms with Gasteiger partial charge in [0.1, 0.15) is 5.75 Å². The highest BCUT2D eigenvalue weighted by molar-refractivity contribution is 7.99. The van der Waals surface area contributed by atoms with Crippen molar-refractivity contribution >= 4 is 35.0 Å². The largest absolute Gasteiger partial charge is 0.484 e. The van der Waals surface area contributed by atoms with Gasteiger partial charge in [0.15, 0.2) is 6.61 Å². The minimum atomic E-state index is -0.194. The number of nitrogens with one attached hydrogen (secondary N) is 1. The number of hydrogen-bond donors (Lipinski definition) is 1. The van der Waals surface area contributed by atoms with Crippen molar-refractivity contribution in [2.24, 2.45) is 0 Å². The van der Waals surface area contributed by atoms with Crippen molar-refractivity contribution < 1.29 is 14.3 Å². The number of rotatable bonds is 7. The van der Waals surface area contributed by atoms with Crippen molar-refractivity contribution in [2.45, 2.75) is 19.4 Å². The van der Waals surface area contributed by atoms with Crippen LogP contribution in [0, 0.1) is 0 Å². The summed E-state index contributed by atoms with van der Waals surface area (Å²) in [6.07, 6.45) is 1.51. The zero-order chi connectivity index (χ0) is 20.8. The molecule has 0 atom stereocenters. The lowest BCUT2D eigenvalue weighted by Gasteiger charge is -2.26. The number of thioether (sulfide) groups is 1. The van der Waals surface area contributed by atoms with Gasteiger partial charge in [-0.05, 0) is 48.4 Å². The van der Waals surface area contributed by atoms with E-state index in [1.807, 2.05) is 42.1 Å². The van der Waals surface area contributed by atoms with Crippen molar-refractivity contribution in [1.29, 1.82) is 0 Å². The normalized spacial score (nSPS) is 17.2. The quantitative estimate of drug-likeness (QED) is 0.737. The molecule has 1 N–H and O–H groups in total. The third-order valence-corrected chi connectivity index (χ3v) is 6.25. The van der Waals surface area contributed by atoms with Gasteiger partial charge in [-0.1, -0.05) is 12.1 Å². The third kappa shape index (κ3) is 5.55. The van der Waals surface area contributed by atoms with E-state index in [1.165, 1.54) is 17.1 Å². The maximum atomic E-state index is 12.3. The molecule has 0 unspecified atom stereocenters. The van der Waals surface area contributed by atoms with Crippen LogP contribution >= 0.6 is 11.8 Å². The van der Waals surface area contributed by atoms with Crippen LogP contribution < -0.4 is 15.0 Å². The van der Waals surface area contributed by atoms with Crippen molar-refractivity contribution in [3.8, 4) is 5.75 Å². The van der Waals surface area contributed by atoms with Crippen molar-refractivity contribution in [2.75, 3.05) is 48.0 Å². The highest BCUT2D eigenvalue weighted by Crippen LogP contribution is 2.24. The predicted molar refractivity (Wildman–Crippen MR) is 121 cm³/mol. The Kier molecular flexibility index (Phi) is 6.92. The lowest BCUT2D eigenvalue weighted by Crippen LogP contribution is -2.32. The second kappa shape index (κ2) is 10.00. The summed E-state index contributed by atoms with van der Waals surface area (Å²) in [7, 11) is 0.